The zero-order chi connectivity index (χ0) is 12.4. The highest BCUT2D eigenvalue weighted by atomic mass is 79.9. The van der Waals surface area contributed by atoms with Gasteiger partial charge in [-0.25, -0.2) is 4.98 Å². The first-order chi connectivity index (χ1) is 8.81. The summed E-state index contributed by atoms with van der Waals surface area (Å²) >= 11 is 5.21. The summed E-state index contributed by atoms with van der Waals surface area (Å²) in [7, 11) is 0. The molecule has 0 fully saturated rings. The summed E-state index contributed by atoms with van der Waals surface area (Å²) in [4.78, 5) is 4.60. The Bertz CT molecular complexity index is 664. The van der Waals surface area contributed by atoms with Crippen LogP contribution < -0.4 is 5.32 Å². The predicted molar refractivity (Wildman–Crippen MR) is 81.1 cm³/mol. The molecule has 0 amide bonds. The average molecular weight is 319 g/mol. The van der Waals surface area contributed by atoms with Gasteiger partial charge in [0.1, 0.15) is 5.01 Å². The lowest BCUT2D eigenvalue weighted by Gasteiger charge is -2.02. The van der Waals surface area contributed by atoms with Crippen LogP contribution in [0.25, 0.3) is 10.2 Å². The van der Waals surface area contributed by atoms with E-state index >= 15 is 0 Å². The number of hydrogen-bond acceptors (Lipinski definition) is 3. The Balaban J connectivity index is 1.79. The van der Waals surface area contributed by atoms with E-state index in [1.54, 1.807) is 11.3 Å². The molecule has 2 aromatic carbocycles. The van der Waals surface area contributed by atoms with Crippen LogP contribution in [0.1, 0.15) is 5.01 Å². The molecule has 18 heavy (non-hydrogen) atoms. The van der Waals surface area contributed by atoms with E-state index in [-0.39, 0.29) is 0 Å². The molecule has 0 atom stereocenters. The van der Waals surface area contributed by atoms with Crippen molar-refractivity contribution in [2.45, 2.75) is 6.54 Å². The first-order valence-corrected chi connectivity index (χ1v) is 7.26. The van der Waals surface area contributed by atoms with Crippen molar-refractivity contribution in [3.63, 3.8) is 0 Å². The van der Waals surface area contributed by atoms with E-state index in [2.05, 4.69) is 44.4 Å². The highest BCUT2D eigenvalue weighted by Crippen LogP contribution is 2.25. The first kappa shape index (κ1) is 11.7. The number of thiazole rings is 1. The molecule has 0 unspecified atom stereocenters. The van der Waals surface area contributed by atoms with Crippen molar-refractivity contribution in [3.8, 4) is 0 Å². The average Bonchev–Trinajstić information content (AvgIpc) is 2.79. The van der Waals surface area contributed by atoms with Gasteiger partial charge in [-0.15, -0.1) is 11.3 Å². The monoisotopic (exact) mass is 318 g/mol. The van der Waals surface area contributed by atoms with Gasteiger partial charge in [-0.1, -0.05) is 34.1 Å². The summed E-state index contributed by atoms with van der Waals surface area (Å²) in [5.41, 5.74) is 2.19. The molecular formula is C14H11BrN2S. The molecule has 0 bridgehead atoms. The van der Waals surface area contributed by atoms with E-state index in [4.69, 9.17) is 0 Å². The van der Waals surface area contributed by atoms with Gasteiger partial charge in [0.2, 0.25) is 0 Å². The van der Waals surface area contributed by atoms with Gasteiger partial charge in [-0.05, 0) is 30.3 Å². The van der Waals surface area contributed by atoms with Crippen molar-refractivity contribution in [2.75, 3.05) is 5.32 Å². The van der Waals surface area contributed by atoms with Crippen molar-refractivity contribution >= 4 is 43.2 Å². The Morgan fingerprint density at radius 2 is 1.94 bits per heavy atom. The van der Waals surface area contributed by atoms with Gasteiger partial charge in [0, 0.05) is 10.2 Å². The van der Waals surface area contributed by atoms with Crippen LogP contribution in [-0.4, -0.2) is 4.98 Å². The van der Waals surface area contributed by atoms with E-state index in [1.165, 1.54) is 4.70 Å². The largest absolute Gasteiger partial charge is 0.379 e. The maximum Gasteiger partial charge on any atom is 0.113 e. The molecule has 4 heteroatoms. The fraction of sp³-hybridized carbons (Fsp3) is 0.0714. The molecule has 0 radical (unpaired) electrons. The fourth-order valence-electron chi connectivity index (χ4n) is 1.76. The van der Waals surface area contributed by atoms with Crippen molar-refractivity contribution in [1.29, 1.82) is 0 Å². The summed E-state index contributed by atoms with van der Waals surface area (Å²) in [6, 6.07) is 16.4. The highest BCUT2D eigenvalue weighted by Gasteiger charge is 2.03. The zero-order valence-electron chi connectivity index (χ0n) is 9.56. The van der Waals surface area contributed by atoms with E-state index in [0.29, 0.717) is 0 Å². The number of para-hydroxylation sites is 1. The first-order valence-electron chi connectivity index (χ1n) is 5.65. The topological polar surface area (TPSA) is 24.9 Å². The molecule has 0 spiro atoms. The Kier molecular flexibility index (Phi) is 3.30. The minimum atomic E-state index is 0.765. The summed E-state index contributed by atoms with van der Waals surface area (Å²) < 4.78 is 2.32. The third-order valence-electron chi connectivity index (χ3n) is 2.61. The van der Waals surface area contributed by atoms with Gasteiger partial charge in [0.15, 0.2) is 0 Å². The number of nitrogens with one attached hydrogen (secondary N) is 1. The molecule has 3 rings (SSSR count). The molecule has 3 aromatic rings. The standard InChI is InChI=1S/C14H11BrN2S/c15-10-6-7-12-13(8-10)18-14(17-12)9-16-11-4-2-1-3-5-11/h1-8,16H,9H2. The number of anilines is 1. The fourth-order valence-corrected chi connectivity index (χ4v) is 3.21. The van der Waals surface area contributed by atoms with Gasteiger partial charge in [-0.3, -0.25) is 0 Å². The van der Waals surface area contributed by atoms with Crippen molar-refractivity contribution in [1.82, 2.24) is 4.98 Å². The predicted octanol–water partition coefficient (Wildman–Crippen LogP) is 4.67. The van der Waals surface area contributed by atoms with Crippen LogP contribution in [0, 0.1) is 0 Å². The number of fused-ring (bicyclic) bond motifs is 1. The van der Waals surface area contributed by atoms with Crippen LogP contribution in [0.2, 0.25) is 0 Å². The minimum Gasteiger partial charge on any atom is -0.379 e. The van der Waals surface area contributed by atoms with Gasteiger partial charge in [-0.2, -0.15) is 0 Å². The molecule has 0 aliphatic heterocycles. The van der Waals surface area contributed by atoms with E-state index in [9.17, 15) is 0 Å². The lowest BCUT2D eigenvalue weighted by atomic mass is 10.3. The molecule has 1 N–H and O–H groups in total. The summed E-state index contributed by atoms with van der Waals surface area (Å²) in [6.07, 6.45) is 0. The van der Waals surface area contributed by atoms with Crippen LogP contribution >= 0.6 is 27.3 Å². The number of hydrogen-bond donors (Lipinski definition) is 1. The summed E-state index contributed by atoms with van der Waals surface area (Å²) in [5, 5.41) is 4.48. The van der Waals surface area contributed by atoms with Crippen molar-refractivity contribution < 1.29 is 0 Å². The van der Waals surface area contributed by atoms with Gasteiger partial charge >= 0.3 is 0 Å². The number of nitrogens with zero attached hydrogens (tertiary/aromatic N) is 1. The maximum absolute atomic E-state index is 4.60. The number of halogens is 1. The quantitative estimate of drug-likeness (QED) is 0.759. The number of benzene rings is 2. The third-order valence-corrected chi connectivity index (χ3v) is 4.12. The smallest absolute Gasteiger partial charge is 0.113 e. The summed E-state index contributed by atoms with van der Waals surface area (Å²) in [6.45, 7) is 0.765. The Morgan fingerprint density at radius 1 is 1.11 bits per heavy atom. The zero-order valence-corrected chi connectivity index (χ0v) is 12.0. The molecule has 1 aromatic heterocycles. The molecule has 0 saturated heterocycles. The molecule has 90 valence electrons. The van der Waals surface area contributed by atoms with E-state index in [1.807, 2.05) is 30.3 Å². The molecular weight excluding hydrogens is 308 g/mol. The lowest BCUT2D eigenvalue weighted by Crippen LogP contribution is -1.97. The number of rotatable bonds is 3. The van der Waals surface area contributed by atoms with E-state index in [0.717, 1.165) is 27.2 Å². The van der Waals surface area contributed by atoms with Crippen LogP contribution in [0.15, 0.2) is 53.0 Å². The molecule has 2 nitrogen and oxygen atoms in total. The van der Waals surface area contributed by atoms with Crippen LogP contribution in [0.3, 0.4) is 0 Å². The Labute approximate surface area is 118 Å². The van der Waals surface area contributed by atoms with E-state index < -0.39 is 0 Å². The second kappa shape index (κ2) is 5.08. The Morgan fingerprint density at radius 3 is 2.78 bits per heavy atom. The second-order valence-corrected chi connectivity index (χ2v) is 5.97. The van der Waals surface area contributed by atoms with Gasteiger partial charge < -0.3 is 5.32 Å². The normalized spacial score (nSPS) is 10.7. The molecule has 0 aliphatic carbocycles. The number of aromatic nitrogens is 1. The van der Waals surface area contributed by atoms with Crippen LogP contribution in [0.4, 0.5) is 5.69 Å². The highest BCUT2D eigenvalue weighted by molar-refractivity contribution is 9.10. The van der Waals surface area contributed by atoms with Crippen LogP contribution in [0.5, 0.6) is 0 Å². The Hall–Kier alpha value is -1.39. The minimum absolute atomic E-state index is 0.765. The van der Waals surface area contributed by atoms with Crippen molar-refractivity contribution in [2.24, 2.45) is 0 Å². The SMILES string of the molecule is Brc1ccc2nc(CNc3ccccc3)sc2c1. The maximum atomic E-state index is 4.60. The van der Waals surface area contributed by atoms with Crippen molar-refractivity contribution in [3.05, 3.63) is 58.0 Å². The van der Waals surface area contributed by atoms with Crippen LogP contribution in [-0.2, 0) is 6.54 Å². The lowest BCUT2D eigenvalue weighted by molar-refractivity contribution is 1.12. The molecule has 0 saturated carbocycles. The third kappa shape index (κ3) is 2.54. The van der Waals surface area contributed by atoms with Gasteiger partial charge in [0.25, 0.3) is 0 Å². The molecule has 1 heterocycles. The molecule has 0 aliphatic rings. The second-order valence-electron chi connectivity index (χ2n) is 3.94. The van der Waals surface area contributed by atoms with Gasteiger partial charge in [0.05, 0.1) is 16.8 Å². The summed E-state index contributed by atoms with van der Waals surface area (Å²) in [5.74, 6) is 0.